The minimum atomic E-state index is 0.143. The maximum Gasteiger partial charge on any atom is 0.146 e. The highest BCUT2D eigenvalue weighted by molar-refractivity contribution is 7.09. The summed E-state index contributed by atoms with van der Waals surface area (Å²) in [6.07, 6.45) is 1.35. The molecular weight excluding hydrogens is 191 g/mol. The van der Waals surface area contributed by atoms with Crippen molar-refractivity contribution in [2.45, 2.75) is 32.5 Å². The Morgan fingerprint density at radius 2 is 2.08 bits per heavy atom. The Hall–Kier alpha value is 0.527. The monoisotopic (exact) mass is 210 g/mol. The molecule has 0 aromatic rings. The average Bonchev–Trinajstić information content (AvgIpc) is 2.04. The van der Waals surface area contributed by atoms with Crippen LogP contribution in [0.15, 0.2) is 0 Å². The van der Waals surface area contributed by atoms with E-state index in [2.05, 4.69) is 16.4 Å². The van der Waals surface area contributed by atoms with E-state index in [-0.39, 0.29) is 12.2 Å². The SMILES string of the molecule is CC[C@H](CO[SiH3])O[C@@H](C)COP. The smallest absolute Gasteiger partial charge is 0.146 e. The molecule has 0 bridgehead atoms. The van der Waals surface area contributed by atoms with Gasteiger partial charge in [-0.1, -0.05) is 6.92 Å². The van der Waals surface area contributed by atoms with Crippen molar-refractivity contribution in [3.05, 3.63) is 0 Å². The molecule has 0 N–H and O–H groups in total. The molecule has 0 radical (unpaired) electrons. The van der Waals surface area contributed by atoms with Crippen LogP contribution in [0.1, 0.15) is 20.3 Å². The summed E-state index contributed by atoms with van der Waals surface area (Å²) in [5, 5.41) is 0. The molecule has 3 atom stereocenters. The molecule has 12 heavy (non-hydrogen) atoms. The van der Waals surface area contributed by atoms with Gasteiger partial charge in [-0.05, 0) is 13.3 Å². The standard InChI is InChI=1S/C7H19O3PSi/c1-3-7(5-9-12)10-6(2)4-8-11/h6-7H,3-5,11H2,1-2,12H3/t6-,7+/m0/s1. The molecule has 1 unspecified atom stereocenters. The van der Waals surface area contributed by atoms with E-state index in [0.717, 1.165) is 16.9 Å². The summed E-state index contributed by atoms with van der Waals surface area (Å²) in [5.74, 6) is 0. The highest BCUT2D eigenvalue weighted by Crippen LogP contribution is 2.04. The Labute approximate surface area is 80.0 Å². The highest BCUT2D eigenvalue weighted by Gasteiger charge is 2.10. The topological polar surface area (TPSA) is 27.7 Å². The molecule has 0 saturated carbocycles. The van der Waals surface area contributed by atoms with Crippen LogP contribution in [0, 0.1) is 0 Å². The first kappa shape index (κ1) is 12.5. The van der Waals surface area contributed by atoms with Crippen LogP contribution in [0.5, 0.6) is 0 Å². The summed E-state index contributed by atoms with van der Waals surface area (Å²) in [7, 11) is 3.00. The van der Waals surface area contributed by atoms with Gasteiger partial charge in [0, 0.05) is 9.47 Å². The first-order chi connectivity index (χ1) is 5.74. The average molecular weight is 210 g/mol. The van der Waals surface area contributed by atoms with Gasteiger partial charge in [0.1, 0.15) is 10.5 Å². The zero-order valence-corrected chi connectivity index (χ0v) is 11.2. The van der Waals surface area contributed by atoms with Gasteiger partial charge < -0.3 is 13.7 Å². The van der Waals surface area contributed by atoms with Crippen LogP contribution in [-0.2, 0) is 13.7 Å². The van der Waals surface area contributed by atoms with Crippen molar-refractivity contribution >= 4 is 20.0 Å². The predicted molar refractivity (Wildman–Crippen MR) is 56.2 cm³/mol. The lowest BCUT2D eigenvalue weighted by Crippen LogP contribution is -2.26. The lowest BCUT2D eigenvalue weighted by atomic mass is 10.3. The van der Waals surface area contributed by atoms with Gasteiger partial charge in [0.15, 0.2) is 0 Å². The normalized spacial score (nSPS) is 16.2. The first-order valence-corrected chi connectivity index (χ1v) is 5.49. The van der Waals surface area contributed by atoms with Crippen LogP contribution >= 0.6 is 9.47 Å². The van der Waals surface area contributed by atoms with Crippen molar-refractivity contribution in [2.75, 3.05) is 13.2 Å². The molecule has 0 fully saturated rings. The third kappa shape index (κ3) is 6.09. The Kier molecular flexibility index (Phi) is 8.50. The van der Waals surface area contributed by atoms with Gasteiger partial charge in [-0.2, -0.15) is 0 Å². The van der Waals surface area contributed by atoms with Crippen molar-refractivity contribution < 1.29 is 13.7 Å². The van der Waals surface area contributed by atoms with Gasteiger partial charge >= 0.3 is 0 Å². The molecule has 74 valence electrons. The lowest BCUT2D eigenvalue weighted by Gasteiger charge is -2.20. The third-order valence-corrected chi connectivity index (χ3v) is 2.09. The summed E-state index contributed by atoms with van der Waals surface area (Å²) >= 11 is 0. The quantitative estimate of drug-likeness (QED) is 0.446. The van der Waals surface area contributed by atoms with E-state index in [9.17, 15) is 0 Å². The van der Waals surface area contributed by atoms with Crippen molar-refractivity contribution in [2.24, 2.45) is 0 Å². The minimum absolute atomic E-state index is 0.143. The van der Waals surface area contributed by atoms with E-state index < -0.39 is 0 Å². The van der Waals surface area contributed by atoms with Crippen LogP contribution in [-0.4, -0.2) is 35.9 Å². The predicted octanol–water partition coefficient (Wildman–Crippen LogP) is 0.274. The lowest BCUT2D eigenvalue weighted by molar-refractivity contribution is -0.0407. The van der Waals surface area contributed by atoms with Crippen LogP contribution in [0.25, 0.3) is 0 Å². The largest absolute Gasteiger partial charge is 0.425 e. The minimum Gasteiger partial charge on any atom is -0.425 e. The van der Waals surface area contributed by atoms with Gasteiger partial charge in [0.05, 0.1) is 25.4 Å². The molecule has 0 spiro atoms. The van der Waals surface area contributed by atoms with Gasteiger partial charge in [0.2, 0.25) is 0 Å². The third-order valence-electron chi connectivity index (χ3n) is 1.56. The van der Waals surface area contributed by atoms with Crippen LogP contribution in [0.3, 0.4) is 0 Å². The highest BCUT2D eigenvalue weighted by atomic mass is 31.0. The maximum absolute atomic E-state index is 5.64. The fourth-order valence-corrected chi connectivity index (χ4v) is 1.59. The van der Waals surface area contributed by atoms with E-state index in [1.54, 1.807) is 0 Å². The van der Waals surface area contributed by atoms with E-state index in [0.29, 0.717) is 13.2 Å². The number of hydrogen-bond donors (Lipinski definition) is 0. The Morgan fingerprint density at radius 3 is 2.50 bits per heavy atom. The Balaban J connectivity index is 3.53. The molecule has 0 heterocycles. The molecule has 0 aliphatic rings. The molecule has 3 nitrogen and oxygen atoms in total. The van der Waals surface area contributed by atoms with Gasteiger partial charge in [-0.15, -0.1) is 0 Å². The van der Waals surface area contributed by atoms with E-state index in [4.69, 9.17) is 13.7 Å². The van der Waals surface area contributed by atoms with Gasteiger partial charge in [-0.3, -0.25) is 0 Å². The van der Waals surface area contributed by atoms with Gasteiger partial charge in [-0.25, -0.2) is 0 Å². The molecule has 0 rings (SSSR count). The second kappa shape index (κ2) is 8.14. The van der Waals surface area contributed by atoms with Crippen molar-refractivity contribution in [3.63, 3.8) is 0 Å². The van der Waals surface area contributed by atoms with E-state index in [1.165, 1.54) is 0 Å². The molecule has 0 aliphatic carbocycles. The summed E-state index contributed by atoms with van der Waals surface area (Å²) in [6.45, 7) is 5.42. The van der Waals surface area contributed by atoms with Crippen LogP contribution in [0.4, 0.5) is 0 Å². The van der Waals surface area contributed by atoms with E-state index >= 15 is 0 Å². The second-order valence-electron chi connectivity index (χ2n) is 2.77. The summed E-state index contributed by atoms with van der Waals surface area (Å²) in [5.41, 5.74) is 0. The number of rotatable bonds is 7. The zero-order chi connectivity index (χ0) is 9.40. The van der Waals surface area contributed by atoms with Crippen molar-refractivity contribution in [1.82, 2.24) is 0 Å². The van der Waals surface area contributed by atoms with Crippen molar-refractivity contribution in [3.8, 4) is 0 Å². The Morgan fingerprint density at radius 1 is 1.42 bits per heavy atom. The summed E-state index contributed by atoms with van der Waals surface area (Å²) in [6, 6.07) is 0. The molecule has 0 aromatic carbocycles. The Bertz CT molecular complexity index is 105. The molecular formula is C7H19O3PSi. The van der Waals surface area contributed by atoms with Gasteiger partial charge in [0.25, 0.3) is 0 Å². The number of hydrogen-bond acceptors (Lipinski definition) is 3. The number of ether oxygens (including phenoxy) is 1. The molecule has 0 aliphatic heterocycles. The molecule has 5 heteroatoms. The van der Waals surface area contributed by atoms with Crippen LogP contribution in [0.2, 0.25) is 0 Å². The van der Waals surface area contributed by atoms with E-state index in [1.807, 2.05) is 6.92 Å². The molecule has 0 saturated heterocycles. The maximum atomic E-state index is 5.64. The van der Waals surface area contributed by atoms with Crippen LogP contribution < -0.4 is 0 Å². The first-order valence-electron chi connectivity index (χ1n) is 4.20. The zero-order valence-electron chi connectivity index (χ0n) is 8.08. The summed E-state index contributed by atoms with van der Waals surface area (Å²) in [4.78, 5) is 0. The molecule has 0 aromatic heterocycles. The second-order valence-corrected chi connectivity index (χ2v) is 3.68. The fraction of sp³-hybridized carbons (Fsp3) is 1.00. The summed E-state index contributed by atoms with van der Waals surface area (Å²) < 4.78 is 15.7. The molecule has 0 amide bonds. The fourth-order valence-electron chi connectivity index (χ4n) is 0.943. The van der Waals surface area contributed by atoms with Crippen molar-refractivity contribution in [1.29, 1.82) is 0 Å².